The van der Waals surface area contributed by atoms with Gasteiger partial charge in [-0.15, -0.1) is 10.2 Å². The van der Waals surface area contributed by atoms with Gasteiger partial charge in [-0.05, 0) is 95.5 Å². The minimum absolute atomic E-state index is 0.0443. The predicted molar refractivity (Wildman–Crippen MR) is 253 cm³/mol. The molecule has 0 aromatic carbocycles. The number of cyclic esters (lactones) is 1. The molecule has 2 amide bonds. The van der Waals surface area contributed by atoms with Crippen molar-refractivity contribution in [1.82, 2.24) is 24.6 Å². The number of amides is 2. The fraction of sp³-hybridized carbons (Fsp3) is 0.745. The van der Waals surface area contributed by atoms with Crippen LogP contribution in [0.3, 0.4) is 0 Å². The van der Waals surface area contributed by atoms with E-state index in [1.165, 1.54) is 19.1 Å². The van der Waals surface area contributed by atoms with Gasteiger partial charge in [-0.25, -0.2) is 9.59 Å². The number of fused-ring (bicyclic) bond motifs is 4. The molecule has 3 fully saturated rings. The summed E-state index contributed by atoms with van der Waals surface area (Å²) in [6.07, 6.45) is 6.76. The standard InChI is InChI=1S/C51H77N5O14/c1-30-21-31(2)23-42(66-7)46-43(67-8)25-33(4)51(64,70-46)47(60)48(61)56-17-11-9-14-37(56)49(62)69-45(34(5)38(58)27-39(59)36(22-30)13-10-12-20-57)32(3)24-35-15-16-40(41(26-35)65-6)68-50(63)54-18-19-55-29-52-53-44(55)28-54/h10,12,22,24,29,31,33-38,40-43,45-46,57-58,64H,9,11,13-21,23,25-28H2,1-8H3/b12-10+,30-22+,32-24+/t31-,33+,34+,35-,36+,37-,38-,40+,41+,42-,43-,45+,46+,51+/m0/s1. The second-order valence-corrected chi connectivity index (χ2v) is 20.4. The third-order valence-corrected chi connectivity index (χ3v) is 15.2. The van der Waals surface area contributed by atoms with Gasteiger partial charge in [-0.1, -0.05) is 50.6 Å². The van der Waals surface area contributed by atoms with Crippen LogP contribution in [0, 0.1) is 29.6 Å². The van der Waals surface area contributed by atoms with Crippen molar-refractivity contribution in [2.24, 2.45) is 29.6 Å². The number of hydrogen-bond acceptors (Lipinski definition) is 16. The summed E-state index contributed by atoms with van der Waals surface area (Å²) in [6, 6.07) is -1.20. The lowest BCUT2D eigenvalue weighted by atomic mass is 9.81. The van der Waals surface area contributed by atoms with E-state index in [0.29, 0.717) is 69.4 Å². The monoisotopic (exact) mass is 984 g/mol. The number of nitrogens with zero attached hydrogens (tertiary/aromatic N) is 5. The summed E-state index contributed by atoms with van der Waals surface area (Å²) in [7, 11) is 4.59. The summed E-state index contributed by atoms with van der Waals surface area (Å²) < 4.78 is 38.2. The molecule has 2 saturated heterocycles. The number of carbonyl (C=O) groups excluding carboxylic acids is 5. The topological polar surface area (TPSA) is 239 Å². The van der Waals surface area contributed by atoms with Gasteiger partial charge in [0.05, 0.1) is 37.6 Å². The molecule has 2 bridgehead atoms. The van der Waals surface area contributed by atoms with Gasteiger partial charge in [0.1, 0.15) is 36.5 Å². The first-order valence-electron chi connectivity index (χ1n) is 25.1. The van der Waals surface area contributed by atoms with Crippen LogP contribution in [-0.2, 0) is 60.7 Å². The summed E-state index contributed by atoms with van der Waals surface area (Å²) in [5.74, 6) is -7.68. The predicted octanol–water partition coefficient (Wildman–Crippen LogP) is 4.25. The molecule has 1 aromatic rings. The maximum atomic E-state index is 14.6. The Morgan fingerprint density at radius 3 is 2.36 bits per heavy atom. The summed E-state index contributed by atoms with van der Waals surface area (Å²) in [5, 5.41) is 41.7. The van der Waals surface area contributed by atoms with Gasteiger partial charge in [0.25, 0.3) is 11.7 Å². The van der Waals surface area contributed by atoms with Crippen LogP contribution in [0.5, 0.6) is 0 Å². The Kier molecular flexibility index (Phi) is 19.5. The van der Waals surface area contributed by atoms with Crippen LogP contribution in [0.15, 0.2) is 41.8 Å². The number of carbonyl (C=O) groups is 5. The molecule has 70 heavy (non-hydrogen) atoms. The van der Waals surface area contributed by atoms with Crippen molar-refractivity contribution in [3.8, 4) is 0 Å². The van der Waals surface area contributed by atoms with E-state index in [1.807, 2.05) is 30.6 Å². The van der Waals surface area contributed by atoms with E-state index in [0.717, 1.165) is 5.57 Å². The minimum atomic E-state index is -2.56. The van der Waals surface area contributed by atoms with Gasteiger partial charge >= 0.3 is 12.1 Å². The van der Waals surface area contributed by atoms with Gasteiger partial charge in [0, 0.05) is 65.1 Å². The number of esters is 1. The summed E-state index contributed by atoms with van der Waals surface area (Å²) >= 11 is 0. The Hall–Kier alpha value is -4.37. The van der Waals surface area contributed by atoms with Crippen molar-refractivity contribution in [2.45, 2.75) is 173 Å². The molecule has 5 heterocycles. The van der Waals surface area contributed by atoms with Crippen LogP contribution in [-0.4, -0.2) is 165 Å². The van der Waals surface area contributed by atoms with Gasteiger partial charge in [0.2, 0.25) is 5.79 Å². The number of aliphatic hydroxyl groups is 3. The first-order chi connectivity index (χ1) is 33.4. The molecule has 1 aliphatic carbocycles. The fourth-order valence-electron chi connectivity index (χ4n) is 11.1. The van der Waals surface area contributed by atoms with Gasteiger partial charge in [-0.3, -0.25) is 19.3 Å². The molecule has 19 nitrogen and oxygen atoms in total. The molecule has 1 aromatic heterocycles. The second kappa shape index (κ2) is 24.8. The van der Waals surface area contributed by atoms with Crippen molar-refractivity contribution in [1.29, 1.82) is 0 Å². The molecule has 19 heteroatoms. The SMILES string of the molecule is CO[C@H]1C[C@@H](C)C/C(C)=C/[C@@H](C/C=C/CO)C(=O)C[C@H](O)[C@@H](C)[C@@H](/C(C)=C/[C@@H]2CC[C@@H](OC(=O)N3CCn4cnnc4C3)[C@H](OC)C2)OC(=O)[C@@H]2CCCCN2C(=O)C(=O)[C@]2(O)O[C@H]1[C@@H](OC)C[C@H]2C. The van der Waals surface area contributed by atoms with Crippen LogP contribution in [0.25, 0.3) is 0 Å². The van der Waals surface area contributed by atoms with Crippen molar-refractivity contribution in [2.75, 3.05) is 41.0 Å². The lowest BCUT2D eigenvalue weighted by molar-refractivity contribution is -0.302. The molecule has 6 rings (SSSR count). The highest BCUT2D eigenvalue weighted by Crippen LogP contribution is 2.39. The second-order valence-electron chi connectivity index (χ2n) is 20.4. The minimum Gasteiger partial charge on any atom is -0.456 e. The zero-order valence-corrected chi connectivity index (χ0v) is 42.3. The molecule has 0 radical (unpaired) electrons. The molecule has 0 spiro atoms. The van der Waals surface area contributed by atoms with Crippen LogP contribution in [0.4, 0.5) is 4.79 Å². The van der Waals surface area contributed by atoms with E-state index in [2.05, 4.69) is 10.2 Å². The Bertz CT molecular complexity index is 2070. The number of piperidine rings is 1. The average Bonchev–Trinajstić information content (AvgIpc) is 3.83. The molecule has 5 aliphatic rings. The first-order valence-corrected chi connectivity index (χ1v) is 25.1. The Morgan fingerprint density at radius 2 is 1.64 bits per heavy atom. The number of ketones is 2. The van der Waals surface area contributed by atoms with Crippen molar-refractivity contribution < 1.29 is 67.7 Å². The average molecular weight is 984 g/mol. The van der Waals surface area contributed by atoms with Crippen LogP contribution in [0.1, 0.15) is 111 Å². The van der Waals surface area contributed by atoms with Crippen LogP contribution < -0.4 is 0 Å². The quantitative estimate of drug-likeness (QED) is 0.178. The molecular formula is C51H77N5O14. The van der Waals surface area contributed by atoms with Crippen LogP contribution >= 0.6 is 0 Å². The third-order valence-electron chi connectivity index (χ3n) is 15.2. The molecular weight excluding hydrogens is 907 g/mol. The number of rotatable bonds is 9. The zero-order valence-electron chi connectivity index (χ0n) is 42.3. The van der Waals surface area contributed by atoms with Gasteiger partial charge in [0.15, 0.2) is 5.82 Å². The highest BCUT2D eigenvalue weighted by atomic mass is 16.7. The van der Waals surface area contributed by atoms with Crippen molar-refractivity contribution in [3.63, 3.8) is 0 Å². The van der Waals surface area contributed by atoms with E-state index < -0.39 is 96.1 Å². The normalized spacial score (nSPS) is 36.6. The Labute approximate surface area is 411 Å². The lowest BCUT2D eigenvalue weighted by Crippen LogP contribution is -2.64. The van der Waals surface area contributed by atoms with E-state index in [9.17, 15) is 39.3 Å². The molecule has 1 saturated carbocycles. The number of ether oxygens (including phenoxy) is 6. The molecule has 14 atom stereocenters. The number of Topliss-reactive ketones (excluding diaryl/α,β-unsaturated/α-hetero) is 2. The highest BCUT2D eigenvalue weighted by molar-refractivity contribution is 6.39. The number of allylic oxidation sites excluding steroid dienone is 4. The fourth-order valence-corrected chi connectivity index (χ4v) is 11.1. The molecule has 0 unspecified atom stereocenters. The summed E-state index contributed by atoms with van der Waals surface area (Å²) in [4.78, 5) is 73.8. The largest absolute Gasteiger partial charge is 0.456 e. The third kappa shape index (κ3) is 13.0. The Balaban J connectivity index is 1.30. The van der Waals surface area contributed by atoms with Crippen LogP contribution in [0.2, 0.25) is 0 Å². The highest BCUT2D eigenvalue weighted by Gasteiger charge is 2.56. The first kappa shape index (κ1) is 55.0. The maximum absolute atomic E-state index is 14.6. The number of hydrogen-bond donors (Lipinski definition) is 3. The summed E-state index contributed by atoms with van der Waals surface area (Å²) in [5.41, 5.74) is 1.50. The number of aliphatic hydroxyl groups excluding tert-OH is 2. The smallest absolute Gasteiger partial charge is 0.410 e. The van der Waals surface area contributed by atoms with Crippen molar-refractivity contribution >= 4 is 29.5 Å². The van der Waals surface area contributed by atoms with E-state index in [1.54, 1.807) is 51.3 Å². The van der Waals surface area contributed by atoms with Crippen molar-refractivity contribution in [3.05, 3.63) is 47.6 Å². The van der Waals surface area contributed by atoms with Gasteiger partial charge in [-0.2, -0.15) is 0 Å². The zero-order chi connectivity index (χ0) is 50.9. The molecule has 3 N–H and O–H groups in total. The summed E-state index contributed by atoms with van der Waals surface area (Å²) in [6.45, 7) is 10.2. The van der Waals surface area contributed by atoms with E-state index in [4.69, 9.17) is 28.4 Å². The van der Waals surface area contributed by atoms with E-state index >= 15 is 0 Å². The van der Waals surface area contributed by atoms with Gasteiger partial charge < -0.3 is 53.2 Å². The molecule has 4 aliphatic heterocycles. The molecule has 390 valence electrons. The lowest BCUT2D eigenvalue weighted by Gasteiger charge is -2.47. The number of methoxy groups -OCH3 is 3. The maximum Gasteiger partial charge on any atom is 0.410 e. The van der Waals surface area contributed by atoms with E-state index in [-0.39, 0.29) is 63.0 Å². The number of aromatic nitrogens is 3. The Morgan fingerprint density at radius 1 is 0.914 bits per heavy atom.